The molecule has 1 aliphatic rings. The van der Waals surface area contributed by atoms with E-state index in [1.54, 1.807) is 23.1 Å². The van der Waals surface area contributed by atoms with Gasteiger partial charge in [0.15, 0.2) is 0 Å². The zero-order valence-electron chi connectivity index (χ0n) is 17.3. The molecule has 0 unspecified atom stereocenters. The Bertz CT molecular complexity index is 1200. The van der Waals surface area contributed by atoms with Crippen molar-refractivity contribution in [3.8, 4) is 0 Å². The van der Waals surface area contributed by atoms with Crippen molar-refractivity contribution in [3.05, 3.63) is 71.8 Å². The molecule has 1 heterocycles. The van der Waals surface area contributed by atoms with E-state index < -0.39 is 10.0 Å². The number of carbonyl (C=O) groups excluding carboxylic acids is 1. The second-order valence-electron chi connectivity index (χ2n) is 7.50. The molecule has 5 nitrogen and oxygen atoms in total. The van der Waals surface area contributed by atoms with Gasteiger partial charge in [0.1, 0.15) is 0 Å². The van der Waals surface area contributed by atoms with Gasteiger partial charge in [-0.25, -0.2) is 8.42 Å². The van der Waals surface area contributed by atoms with E-state index in [9.17, 15) is 13.2 Å². The fourth-order valence-electron chi connectivity index (χ4n) is 4.14. The number of benzene rings is 3. The third kappa shape index (κ3) is 3.61. The number of fused-ring (bicyclic) bond motifs is 2. The maximum atomic E-state index is 13.3. The summed E-state index contributed by atoms with van der Waals surface area (Å²) < 4.78 is 27.2. The Morgan fingerprint density at radius 2 is 1.70 bits per heavy atom. The molecular weight excluding hydrogens is 396 g/mol. The van der Waals surface area contributed by atoms with Gasteiger partial charge in [-0.1, -0.05) is 44.2 Å². The number of anilines is 1. The summed E-state index contributed by atoms with van der Waals surface area (Å²) in [6, 6.07) is 18.9. The quantitative estimate of drug-likeness (QED) is 0.610. The number of nitrogens with zero attached hydrogens (tertiary/aromatic N) is 2. The molecule has 156 valence electrons. The first-order valence-corrected chi connectivity index (χ1v) is 11.8. The molecule has 0 radical (unpaired) electrons. The van der Waals surface area contributed by atoms with Gasteiger partial charge in [0.2, 0.25) is 10.0 Å². The lowest BCUT2D eigenvalue weighted by Gasteiger charge is -2.30. The molecule has 3 aromatic rings. The molecule has 0 spiro atoms. The van der Waals surface area contributed by atoms with Crippen molar-refractivity contribution in [3.63, 3.8) is 0 Å². The molecule has 0 aliphatic carbocycles. The van der Waals surface area contributed by atoms with Crippen LogP contribution in [-0.2, 0) is 16.4 Å². The van der Waals surface area contributed by atoms with Crippen LogP contribution < -0.4 is 4.90 Å². The van der Waals surface area contributed by atoms with Crippen molar-refractivity contribution in [2.75, 3.05) is 24.5 Å². The van der Waals surface area contributed by atoms with Crippen LogP contribution in [0.4, 0.5) is 5.69 Å². The maximum Gasteiger partial charge on any atom is 0.258 e. The first-order chi connectivity index (χ1) is 14.5. The minimum absolute atomic E-state index is 0.0546. The Balaban J connectivity index is 1.69. The summed E-state index contributed by atoms with van der Waals surface area (Å²) in [6.45, 7) is 5.17. The Kier molecular flexibility index (Phi) is 5.62. The Morgan fingerprint density at radius 3 is 2.43 bits per heavy atom. The second kappa shape index (κ2) is 8.20. The van der Waals surface area contributed by atoms with Crippen molar-refractivity contribution >= 4 is 32.4 Å². The number of sulfonamides is 1. The van der Waals surface area contributed by atoms with Crippen molar-refractivity contribution in [1.82, 2.24) is 4.31 Å². The lowest BCUT2D eigenvalue weighted by Crippen LogP contribution is -2.36. The van der Waals surface area contributed by atoms with Crippen LogP contribution in [0.15, 0.2) is 65.6 Å². The zero-order valence-corrected chi connectivity index (χ0v) is 18.2. The van der Waals surface area contributed by atoms with Crippen molar-refractivity contribution in [1.29, 1.82) is 0 Å². The van der Waals surface area contributed by atoms with Gasteiger partial charge < -0.3 is 4.90 Å². The molecule has 0 saturated heterocycles. The number of aryl methyl sites for hydroxylation is 1. The van der Waals surface area contributed by atoms with Gasteiger partial charge in [-0.2, -0.15) is 4.31 Å². The Morgan fingerprint density at radius 1 is 0.967 bits per heavy atom. The number of hydrogen-bond donors (Lipinski definition) is 0. The summed E-state index contributed by atoms with van der Waals surface area (Å²) in [7, 11) is -3.52. The number of amides is 1. The summed E-state index contributed by atoms with van der Waals surface area (Å²) in [5.74, 6) is -0.0546. The third-order valence-electron chi connectivity index (χ3n) is 5.75. The van der Waals surface area contributed by atoms with Crippen LogP contribution in [-0.4, -0.2) is 38.3 Å². The van der Waals surface area contributed by atoms with Gasteiger partial charge in [-0.3, -0.25) is 4.79 Å². The second-order valence-corrected chi connectivity index (χ2v) is 9.44. The average molecular weight is 423 g/mol. The SMILES string of the molecule is CCN(CC)S(=O)(=O)c1ccc2c(c1)CCCN2C(=O)c1ccc2ccccc2c1. The molecule has 1 amide bonds. The Hall–Kier alpha value is -2.70. The minimum Gasteiger partial charge on any atom is -0.308 e. The highest BCUT2D eigenvalue weighted by molar-refractivity contribution is 7.89. The van der Waals surface area contributed by atoms with E-state index in [1.807, 2.05) is 56.3 Å². The van der Waals surface area contributed by atoms with E-state index >= 15 is 0 Å². The minimum atomic E-state index is -3.52. The predicted octanol–water partition coefficient (Wildman–Crippen LogP) is 4.46. The van der Waals surface area contributed by atoms with Crippen LogP contribution in [0.3, 0.4) is 0 Å². The van der Waals surface area contributed by atoms with Crippen LogP contribution in [0, 0.1) is 0 Å². The van der Waals surface area contributed by atoms with Crippen LogP contribution in [0.1, 0.15) is 36.2 Å². The maximum absolute atomic E-state index is 13.3. The molecule has 3 aromatic carbocycles. The molecule has 0 atom stereocenters. The van der Waals surface area contributed by atoms with Gasteiger partial charge >= 0.3 is 0 Å². The highest BCUT2D eigenvalue weighted by atomic mass is 32.2. The van der Waals surface area contributed by atoms with Crippen molar-refractivity contribution < 1.29 is 13.2 Å². The third-order valence-corrected chi connectivity index (χ3v) is 7.80. The molecule has 0 bridgehead atoms. The van der Waals surface area contributed by atoms with Gasteiger partial charge in [-0.15, -0.1) is 0 Å². The van der Waals surface area contributed by atoms with E-state index in [0.717, 1.165) is 34.9 Å². The van der Waals surface area contributed by atoms with Gasteiger partial charge in [0, 0.05) is 30.9 Å². The van der Waals surface area contributed by atoms with Crippen LogP contribution in [0.5, 0.6) is 0 Å². The fraction of sp³-hybridized carbons (Fsp3) is 0.292. The number of hydrogen-bond acceptors (Lipinski definition) is 3. The van der Waals surface area contributed by atoms with E-state index in [0.29, 0.717) is 30.1 Å². The van der Waals surface area contributed by atoms with Gasteiger partial charge in [-0.05, 0) is 59.5 Å². The summed E-state index contributed by atoms with van der Waals surface area (Å²) in [5, 5.41) is 2.13. The van der Waals surface area contributed by atoms with Gasteiger partial charge in [0.05, 0.1) is 4.90 Å². The monoisotopic (exact) mass is 422 g/mol. The first-order valence-electron chi connectivity index (χ1n) is 10.4. The number of rotatable bonds is 5. The molecule has 0 aromatic heterocycles. The summed E-state index contributed by atoms with van der Waals surface area (Å²) in [5.41, 5.74) is 2.35. The molecule has 0 saturated carbocycles. The predicted molar refractivity (Wildman–Crippen MR) is 120 cm³/mol. The largest absolute Gasteiger partial charge is 0.308 e. The van der Waals surface area contributed by atoms with E-state index in [1.165, 1.54) is 4.31 Å². The molecule has 30 heavy (non-hydrogen) atoms. The highest BCUT2D eigenvalue weighted by Gasteiger charge is 2.27. The van der Waals surface area contributed by atoms with Crippen molar-refractivity contribution in [2.45, 2.75) is 31.6 Å². The zero-order chi connectivity index (χ0) is 21.3. The van der Waals surface area contributed by atoms with Gasteiger partial charge in [0.25, 0.3) is 5.91 Å². The summed E-state index contributed by atoms with van der Waals surface area (Å²) in [4.78, 5) is 15.4. The average Bonchev–Trinajstić information content (AvgIpc) is 2.78. The van der Waals surface area contributed by atoms with E-state index in [4.69, 9.17) is 0 Å². The topological polar surface area (TPSA) is 57.7 Å². The summed E-state index contributed by atoms with van der Waals surface area (Å²) in [6.07, 6.45) is 1.57. The number of carbonyl (C=O) groups is 1. The molecule has 6 heteroatoms. The summed E-state index contributed by atoms with van der Waals surface area (Å²) >= 11 is 0. The molecule has 0 fully saturated rings. The fourth-order valence-corrected chi connectivity index (χ4v) is 5.64. The standard InChI is InChI=1S/C24H26N2O3S/c1-3-25(4-2)30(28,29)22-13-14-23-20(17-22)10-7-15-26(23)24(27)21-12-11-18-8-5-6-9-19(18)16-21/h5-6,8-9,11-14,16-17H,3-4,7,10,15H2,1-2H3. The normalized spacial score (nSPS) is 14.2. The highest BCUT2D eigenvalue weighted by Crippen LogP contribution is 2.32. The molecule has 0 N–H and O–H groups in total. The van der Waals surface area contributed by atoms with E-state index in [-0.39, 0.29) is 5.91 Å². The van der Waals surface area contributed by atoms with Crippen LogP contribution in [0.2, 0.25) is 0 Å². The molecule has 4 rings (SSSR count). The van der Waals surface area contributed by atoms with Crippen LogP contribution >= 0.6 is 0 Å². The van der Waals surface area contributed by atoms with Crippen LogP contribution in [0.25, 0.3) is 10.8 Å². The lowest BCUT2D eigenvalue weighted by atomic mass is 10.00. The molecule has 1 aliphatic heterocycles. The first kappa shape index (κ1) is 20.6. The molecular formula is C24H26N2O3S. The van der Waals surface area contributed by atoms with E-state index in [2.05, 4.69) is 0 Å². The van der Waals surface area contributed by atoms with Crippen molar-refractivity contribution in [2.24, 2.45) is 0 Å². The Labute approximate surface area is 178 Å². The lowest BCUT2D eigenvalue weighted by molar-refractivity contribution is 0.0985. The smallest absolute Gasteiger partial charge is 0.258 e.